The maximum absolute atomic E-state index is 10.6. The number of hydrogen-bond donors (Lipinski definition) is 2. The molecule has 1 aromatic carbocycles. The predicted molar refractivity (Wildman–Crippen MR) is 125 cm³/mol. The molecule has 1 atom stereocenters. The number of amides is 2. The number of ether oxygens (including phenoxy) is 2. The van der Waals surface area contributed by atoms with Gasteiger partial charge in [0.1, 0.15) is 11.8 Å². The summed E-state index contributed by atoms with van der Waals surface area (Å²) >= 11 is 0. The molecule has 1 unspecified atom stereocenters. The van der Waals surface area contributed by atoms with E-state index in [2.05, 4.69) is 15.4 Å². The minimum atomic E-state index is -0.289. The molecule has 1 saturated heterocycles. The van der Waals surface area contributed by atoms with Crippen LogP contribution in [0.25, 0.3) is 0 Å². The molecule has 2 N–H and O–H groups in total. The number of benzene rings is 1. The first kappa shape index (κ1) is 31.4. The number of hydrogen-bond acceptors (Lipinski definition) is 6. The Kier molecular flexibility index (Phi) is 24.1. The Hall–Kier alpha value is -2.74. The molecule has 2 aliphatic rings. The highest BCUT2D eigenvalue weighted by Gasteiger charge is 2.22. The molecular weight excluding hydrogens is 412 g/mol. The van der Waals surface area contributed by atoms with Crippen molar-refractivity contribution in [3.05, 3.63) is 35.9 Å². The zero-order valence-electron chi connectivity index (χ0n) is 19.9. The van der Waals surface area contributed by atoms with E-state index in [-0.39, 0.29) is 11.9 Å². The highest BCUT2D eigenvalue weighted by Crippen LogP contribution is 2.12. The van der Waals surface area contributed by atoms with Gasteiger partial charge in [-0.05, 0) is 31.7 Å². The van der Waals surface area contributed by atoms with E-state index < -0.39 is 0 Å². The van der Waals surface area contributed by atoms with Crippen molar-refractivity contribution in [3.8, 4) is 0 Å². The maximum Gasteiger partial charge on any atom is 0.293 e. The SMILES string of the molecule is CC.CCOC=O.COCc1ccccc1.O=C1CCCCC1.O=CNC1CCNC1=O. The lowest BCUT2D eigenvalue weighted by molar-refractivity contribution is -0.128. The molecule has 1 saturated carbocycles. The van der Waals surface area contributed by atoms with Gasteiger partial charge in [-0.25, -0.2) is 0 Å². The summed E-state index contributed by atoms with van der Waals surface area (Å²) in [4.78, 5) is 40.1. The molecule has 1 heterocycles. The summed E-state index contributed by atoms with van der Waals surface area (Å²) in [6, 6.07) is 9.82. The number of Topliss-reactive ketones (excluding diaryl/α,β-unsaturated/α-hetero) is 1. The van der Waals surface area contributed by atoms with Crippen LogP contribution in [-0.4, -0.2) is 50.9 Å². The fraction of sp³-hybridized carbons (Fsp3) is 0.583. The van der Waals surface area contributed by atoms with E-state index >= 15 is 0 Å². The van der Waals surface area contributed by atoms with Crippen LogP contribution < -0.4 is 10.6 Å². The Labute approximate surface area is 192 Å². The van der Waals surface area contributed by atoms with Crippen LogP contribution in [0.4, 0.5) is 0 Å². The highest BCUT2D eigenvalue weighted by molar-refractivity contribution is 5.85. The molecule has 182 valence electrons. The first-order valence-corrected chi connectivity index (χ1v) is 11.2. The quantitative estimate of drug-likeness (QED) is 0.642. The van der Waals surface area contributed by atoms with Gasteiger partial charge in [-0.1, -0.05) is 50.6 Å². The van der Waals surface area contributed by atoms with Gasteiger partial charge in [-0.15, -0.1) is 0 Å². The summed E-state index contributed by atoms with van der Waals surface area (Å²) in [7, 11) is 1.70. The van der Waals surface area contributed by atoms with Crippen LogP contribution in [0.1, 0.15) is 64.9 Å². The lowest BCUT2D eigenvalue weighted by atomic mass is 10.00. The summed E-state index contributed by atoms with van der Waals surface area (Å²) in [5.74, 6) is 0.383. The van der Waals surface area contributed by atoms with Crippen molar-refractivity contribution in [3.63, 3.8) is 0 Å². The third-order valence-corrected chi connectivity index (χ3v) is 4.12. The van der Waals surface area contributed by atoms with Gasteiger partial charge in [0.05, 0.1) is 13.2 Å². The third kappa shape index (κ3) is 19.2. The van der Waals surface area contributed by atoms with Crippen LogP contribution in [0.2, 0.25) is 0 Å². The first-order valence-electron chi connectivity index (χ1n) is 11.2. The predicted octanol–water partition coefficient (Wildman–Crippen LogP) is 3.18. The van der Waals surface area contributed by atoms with E-state index in [0.717, 1.165) is 25.7 Å². The van der Waals surface area contributed by atoms with Crippen LogP contribution in [-0.2, 0) is 35.3 Å². The second-order valence-corrected chi connectivity index (χ2v) is 6.49. The van der Waals surface area contributed by atoms with Crippen LogP contribution in [0.5, 0.6) is 0 Å². The average Bonchev–Trinajstić information content (AvgIpc) is 3.23. The Morgan fingerprint density at radius 1 is 1.06 bits per heavy atom. The Bertz CT molecular complexity index is 587. The standard InChI is InChI=1S/C8H10O.C6H10O.C5H8N2O2.C3H6O2.C2H6/c1-9-7-8-5-3-2-4-6-8;7-6-4-2-1-3-5-6;8-3-7-4-1-2-6-5(4)9;1-2-5-3-4;1-2/h2-6H,7H2,1H3;1-5H2;3-4H,1-2H2,(H,6,9)(H,7,8);3H,2H2,1H3;1-2H3. The van der Waals surface area contributed by atoms with Gasteiger partial charge in [0.2, 0.25) is 12.3 Å². The number of methoxy groups -OCH3 is 1. The molecule has 2 fully saturated rings. The van der Waals surface area contributed by atoms with Gasteiger partial charge in [0, 0.05) is 26.5 Å². The van der Waals surface area contributed by atoms with E-state index in [0.29, 0.717) is 44.8 Å². The minimum Gasteiger partial charge on any atom is -0.468 e. The van der Waals surface area contributed by atoms with E-state index in [1.165, 1.54) is 12.0 Å². The fourth-order valence-corrected chi connectivity index (χ4v) is 2.59. The number of carbonyl (C=O) groups is 4. The van der Waals surface area contributed by atoms with Crippen LogP contribution in [0.3, 0.4) is 0 Å². The molecule has 3 rings (SSSR count). The number of nitrogens with one attached hydrogen (secondary N) is 2. The van der Waals surface area contributed by atoms with E-state index in [1.807, 2.05) is 44.2 Å². The molecule has 1 aliphatic carbocycles. The number of ketones is 1. The summed E-state index contributed by atoms with van der Waals surface area (Å²) in [6.07, 6.45) is 6.50. The fourth-order valence-electron chi connectivity index (χ4n) is 2.59. The molecule has 0 bridgehead atoms. The highest BCUT2D eigenvalue weighted by atomic mass is 16.5. The van der Waals surface area contributed by atoms with Gasteiger partial charge in [0.15, 0.2) is 0 Å². The normalized spacial score (nSPS) is 15.9. The van der Waals surface area contributed by atoms with E-state index in [9.17, 15) is 19.2 Å². The molecule has 32 heavy (non-hydrogen) atoms. The molecular formula is C24H40N2O6. The Morgan fingerprint density at radius 2 is 1.69 bits per heavy atom. The summed E-state index contributed by atoms with van der Waals surface area (Å²) < 4.78 is 9.08. The van der Waals surface area contributed by atoms with Gasteiger partial charge >= 0.3 is 0 Å². The third-order valence-electron chi connectivity index (χ3n) is 4.12. The van der Waals surface area contributed by atoms with E-state index in [1.54, 1.807) is 14.0 Å². The molecule has 8 nitrogen and oxygen atoms in total. The van der Waals surface area contributed by atoms with Crippen molar-refractivity contribution in [1.29, 1.82) is 0 Å². The topological polar surface area (TPSA) is 111 Å². The monoisotopic (exact) mass is 452 g/mol. The maximum atomic E-state index is 10.6. The second-order valence-electron chi connectivity index (χ2n) is 6.49. The minimum absolute atomic E-state index is 0.0814. The second kappa shape index (κ2) is 24.5. The average molecular weight is 453 g/mol. The van der Waals surface area contributed by atoms with Crippen LogP contribution >= 0.6 is 0 Å². The Morgan fingerprint density at radius 3 is 2.03 bits per heavy atom. The Balaban J connectivity index is 0. The van der Waals surface area contributed by atoms with Crippen molar-refractivity contribution in [2.24, 2.45) is 0 Å². The number of carbonyl (C=O) groups excluding carboxylic acids is 4. The summed E-state index contributed by atoms with van der Waals surface area (Å²) in [5, 5.41) is 5.00. The smallest absolute Gasteiger partial charge is 0.293 e. The van der Waals surface area contributed by atoms with Crippen molar-refractivity contribution in [1.82, 2.24) is 10.6 Å². The van der Waals surface area contributed by atoms with Crippen LogP contribution in [0, 0.1) is 0 Å². The molecule has 0 radical (unpaired) electrons. The summed E-state index contributed by atoms with van der Waals surface area (Å²) in [6.45, 7) is 8.04. The van der Waals surface area contributed by atoms with Crippen molar-refractivity contribution in [2.75, 3.05) is 20.3 Å². The molecule has 8 heteroatoms. The van der Waals surface area contributed by atoms with Crippen molar-refractivity contribution < 1.29 is 28.7 Å². The van der Waals surface area contributed by atoms with Gasteiger partial charge in [0.25, 0.3) is 6.47 Å². The van der Waals surface area contributed by atoms with Gasteiger partial charge in [-0.2, -0.15) is 0 Å². The number of rotatable bonds is 6. The van der Waals surface area contributed by atoms with E-state index in [4.69, 9.17) is 4.74 Å². The lowest BCUT2D eigenvalue weighted by Gasteiger charge is -2.05. The zero-order valence-corrected chi connectivity index (χ0v) is 19.9. The largest absolute Gasteiger partial charge is 0.468 e. The molecule has 1 aliphatic heterocycles. The van der Waals surface area contributed by atoms with Crippen molar-refractivity contribution in [2.45, 2.75) is 71.9 Å². The first-order chi connectivity index (χ1) is 15.6. The van der Waals surface area contributed by atoms with Crippen molar-refractivity contribution >= 4 is 24.6 Å². The van der Waals surface area contributed by atoms with Gasteiger partial charge in [-0.3, -0.25) is 19.2 Å². The lowest BCUT2D eigenvalue weighted by Crippen LogP contribution is -2.35. The molecule has 0 spiro atoms. The summed E-state index contributed by atoms with van der Waals surface area (Å²) in [5.41, 5.74) is 1.22. The molecule has 0 aromatic heterocycles. The molecule has 2 amide bonds. The zero-order chi connectivity index (χ0) is 24.5. The van der Waals surface area contributed by atoms with Crippen LogP contribution in [0.15, 0.2) is 30.3 Å². The molecule has 1 aromatic rings. The van der Waals surface area contributed by atoms with Gasteiger partial charge < -0.3 is 20.1 Å².